The molecule has 3 atom stereocenters. The van der Waals surface area contributed by atoms with E-state index >= 15 is 0 Å². The van der Waals surface area contributed by atoms with E-state index in [1.165, 1.54) is 0 Å². The van der Waals surface area contributed by atoms with Gasteiger partial charge in [-0.2, -0.15) is 0 Å². The van der Waals surface area contributed by atoms with E-state index in [-0.39, 0.29) is 6.54 Å². The monoisotopic (exact) mass is 374 g/mol. The summed E-state index contributed by atoms with van der Waals surface area (Å²) in [5.41, 5.74) is 1.30. The molecule has 1 aliphatic rings. The maximum absolute atomic E-state index is 12.2. The molecule has 2 aromatic rings. The molecule has 27 heavy (non-hydrogen) atoms. The molecule has 0 aliphatic carbocycles. The Kier molecular flexibility index (Phi) is 5.41. The van der Waals surface area contributed by atoms with Gasteiger partial charge in [0.2, 0.25) is 0 Å². The van der Waals surface area contributed by atoms with Crippen molar-refractivity contribution >= 4 is 22.8 Å². The summed E-state index contributed by atoms with van der Waals surface area (Å²) in [5, 5.41) is 20.0. The third-order valence-electron chi connectivity index (χ3n) is 5.22. The highest BCUT2D eigenvalue weighted by molar-refractivity contribution is 5.91. The minimum atomic E-state index is -0.971. The number of carboxylic acids is 2. The molecule has 0 saturated carbocycles. The molecule has 1 aromatic carbocycles. The third-order valence-corrected chi connectivity index (χ3v) is 5.22. The quantitative estimate of drug-likeness (QED) is 0.808. The van der Waals surface area contributed by atoms with Gasteiger partial charge in [0.1, 0.15) is 18.3 Å². The number of aromatic nitrogens is 1. The molecule has 1 aromatic heterocycles. The van der Waals surface area contributed by atoms with Gasteiger partial charge in [0.25, 0.3) is 0 Å². The molecule has 3 rings (SSSR count). The molecule has 2 heterocycles. The lowest BCUT2D eigenvalue weighted by molar-refractivity contribution is -0.144. The van der Waals surface area contributed by atoms with Gasteiger partial charge in [-0.3, -0.25) is 14.5 Å². The summed E-state index contributed by atoms with van der Waals surface area (Å²) in [6.45, 7) is 5.46. The Hall–Kier alpha value is -2.54. The number of carboxylic acid groups (broad SMARTS) is 2. The van der Waals surface area contributed by atoms with Crippen molar-refractivity contribution in [3.8, 4) is 5.75 Å². The highest BCUT2D eigenvalue weighted by Gasteiger charge is 2.35. The van der Waals surface area contributed by atoms with Crippen LogP contribution in [0.4, 0.5) is 0 Å². The minimum Gasteiger partial charge on any atom is -0.497 e. The predicted molar refractivity (Wildman–Crippen MR) is 101 cm³/mol. The Morgan fingerprint density at radius 2 is 1.89 bits per heavy atom. The van der Waals surface area contributed by atoms with Gasteiger partial charge in [0.05, 0.1) is 7.11 Å². The Bertz CT molecular complexity index is 849. The number of hydrogen-bond acceptors (Lipinski definition) is 4. The summed E-state index contributed by atoms with van der Waals surface area (Å²) in [7, 11) is 1.55. The van der Waals surface area contributed by atoms with Crippen molar-refractivity contribution < 1.29 is 24.5 Å². The van der Waals surface area contributed by atoms with Gasteiger partial charge >= 0.3 is 11.9 Å². The summed E-state index contributed by atoms with van der Waals surface area (Å²) >= 11 is 0. The van der Waals surface area contributed by atoms with Crippen LogP contribution in [0.5, 0.6) is 5.75 Å². The molecule has 0 amide bonds. The molecule has 0 bridgehead atoms. The molecule has 1 saturated heterocycles. The molecular formula is C20H26N2O5. The fourth-order valence-electron chi connectivity index (χ4n) is 4.33. The van der Waals surface area contributed by atoms with Crippen LogP contribution in [-0.4, -0.2) is 51.8 Å². The van der Waals surface area contributed by atoms with Crippen molar-refractivity contribution in [2.24, 2.45) is 11.8 Å². The standard InChI is InChI=1S/C20H26N2O5/c1-12-6-13(2)9-22(8-12)19(20(25)26)16-10-21(11-18(23)24)17-5-4-14(27-3)7-15(16)17/h4-5,7,10,12-13,19H,6,8-9,11H2,1-3H3,(H,23,24)(H,25,26)/t12-,13+,19?. The Morgan fingerprint density at radius 1 is 1.22 bits per heavy atom. The number of ether oxygens (including phenoxy) is 1. The number of rotatable bonds is 6. The second-order valence-corrected chi connectivity index (χ2v) is 7.63. The SMILES string of the molecule is COc1ccc2c(c1)c(C(C(=O)O)N1C[C@H](C)C[C@H](C)C1)cn2CC(=O)O. The number of likely N-dealkylation sites (tertiary alicyclic amines) is 1. The lowest BCUT2D eigenvalue weighted by Gasteiger charge is -2.38. The Labute approximate surface area is 158 Å². The fourth-order valence-corrected chi connectivity index (χ4v) is 4.33. The lowest BCUT2D eigenvalue weighted by atomic mass is 9.89. The fraction of sp³-hybridized carbons (Fsp3) is 0.500. The number of hydrogen-bond donors (Lipinski definition) is 2. The van der Waals surface area contributed by atoms with Gasteiger partial charge in [-0.15, -0.1) is 0 Å². The van der Waals surface area contributed by atoms with Crippen LogP contribution in [0.15, 0.2) is 24.4 Å². The van der Waals surface area contributed by atoms with E-state index in [0.29, 0.717) is 47.1 Å². The summed E-state index contributed by atoms with van der Waals surface area (Å²) in [5.74, 6) is -0.453. The second-order valence-electron chi connectivity index (χ2n) is 7.63. The smallest absolute Gasteiger partial charge is 0.325 e. The maximum Gasteiger partial charge on any atom is 0.325 e. The number of aliphatic carboxylic acids is 2. The average molecular weight is 374 g/mol. The summed E-state index contributed by atoms with van der Waals surface area (Å²) in [6.07, 6.45) is 2.75. The van der Waals surface area contributed by atoms with Crippen LogP contribution in [-0.2, 0) is 16.1 Å². The van der Waals surface area contributed by atoms with Crippen LogP contribution >= 0.6 is 0 Å². The first-order valence-electron chi connectivity index (χ1n) is 9.15. The zero-order valence-corrected chi connectivity index (χ0v) is 15.9. The zero-order chi connectivity index (χ0) is 19.7. The molecule has 7 heteroatoms. The first kappa shape index (κ1) is 19.2. The summed E-state index contributed by atoms with van der Waals surface area (Å²) < 4.78 is 6.90. The highest BCUT2D eigenvalue weighted by Crippen LogP contribution is 2.35. The van der Waals surface area contributed by atoms with Crippen LogP contribution in [0.25, 0.3) is 10.9 Å². The Balaban J connectivity index is 2.13. The van der Waals surface area contributed by atoms with Gasteiger partial charge in [0, 0.05) is 35.8 Å². The first-order chi connectivity index (χ1) is 12.8. The lowest BCUT2D eigenvalue weighted by Crippen LogP contribution is -2.43. The molecule has 0 radical (unpaired) electrons. The van der Waals surface area contributed by atoms with E-state index in [9.17, 15) is 19.8 Å². The molecule has 1 unspecified atom stereocenters. The summed E-state index contributed by atoms with van der Waals surface area (Å²) in [4.78, 5) is 25.5. The van der Waals surface area contributed by atoms with Crippen molar-refractivity contribution in [3.05, 3.63) is 30.0 Å². The van der Waals surface area contributed by atoms with Gasteiger partial charge in [-0.05, 0) is 36.5 Å². The van der Waals surface area contributed by atoms with Crippen LogP contribution in [0.2, 0.25) is 0 Å². The number of benzene rings is 1. The van der Waals surface area contributed by atoms with Gasteiger partial charge in [-0.25, -0.2) is 0 Å². The second kappa shape index (κ2) is 7.60. The van der Waals surface area contributed by atoms with Gasteiger partial charge in [0.15, 0.2) is 0 Å². The van der Waals surface area contributed by atoms with E-state index in [2.05, 4.69) is 13.8 Å². The van der Waals surface area contributed by atoms with Crippen molar-refractivity contribution in [1.82, 2.24) is 9.47 Å². The topological polar surface area (TPSA) is 92.0 Å². The van der Waals surface area contributed by atoms with Crippen molar-refractivity contribution in [1.29, 1.82) is 0 Å². The number of fused-ring (bicyclic) bond motifs is 1. The summed E-state index contributed by atoms with van der Waals surface area (Å²) in [6, 6.07) is 4.50. The van der Waals surface area contributed by atoms with Crippen LogP contribution < -0.4 is 4.74 Å². The van der Waals surface area contributed by atoms with Crippen LogP contribution in [0.1, 0.15) is 31.9 Å². The van der Waals surface area contributed by atoms with Crippen LogP contribution in [0, 0.1) is 11.8 Å². The Morgan fingerprint density at radius 3 is 2.44 bits per heavy atom. The molecule has 146 valence electrons. The minimum absolute atomic E-state index is 0.220. The van der Waals surface area contributed by atoms with Gasteiger partial charge < -0.3 is 19.5 Å². The molecule has 7 nitrogen and oxygen atoms in total. The molecule has 1 fully saturated rings. The van der Waals surface area contributed by atoms with E-state index < -0.39 is 18.0 Å². The zero-order valence-electron chi connectivity index (χ0n) is 15.9. The molecular weight excluding hydrogens is 348 g/mol. The van der Waals surface area contributed by atoms with E-state index in [1.807, 2.05) is 4.90 Å². The number of nitrogens with zero attached hydrogens (tertiary/aromatic N) is 2. The molecule has 0 spiro atoms. The van der Waals surface area contributed by atoms with E-state index in [1.54, 1.807) is 36.1 Å². The predicted octanol–water partition coefficient (Wildman–Crippen LogP) is 2.84. The first-order valence-corrected chi connectivity index (χ1v) is 9.15. The largest absolute Gasteiger partial charge is 0.497 e. The van der Waals surface area contributed by atoms with Crippen LogP contribution in [0.3, 0.4) is 0 Å². The van der Waals surface area contributed by atoms with Crippen molar-refractivity contribution in [2.45, 2.75) is 32.9 Å². The van der Waals surface area contributed by atoms with Crippen molar-refractivity contribution in [2.75, 3.05) is 20.2 Å². The normalized spacial score (nSPS) is 21.9. The van der Waals surface area contributed by atoms with Crippen molar-refractivity contribution in [3.63, 3.8) is 0 Å². The molecule has 2 N–H and O–H groups in total. The molecule has 1 aliphatic heterocycles. The maximum atomic E-state index is 12.2. The average Bonchev–Trinajstić information content (AvgIpc) is 2.90. The number of carbonyl (C=O) groups is 2. The van der Waals surface area contributed by atoms with E-state index in [4.69, 9.17) is 4.74 Å². The number of piperidine rings is 1. The highest BCUT2D eigenvalue weighted by atomic mass is 16.5. The third kappa shape index (κ3) is 3.93. The number of methoxy groups -OCH3 is 1. The van der Waals surface area contributed by atoms with Gasteiger partial charge in [-0.1, -0.05) is 13.8 Å². The van der Waals surface area contributed by atoms with E-state index in [0.717, 1.165) is 6.42 Å².